The highest BCUT2D eigenvalue weighted by molar-refractivity contribution is 5.08. The lowest BCUT2D eigenvalue weighted by atomic mass is 9.55. The molecule has 2 unspecified atom stereocenters. The standard InChI is InChI=1S/C17H31NO/c1-2-19-16-13-15(17(16)10-4-3-5-11-17)18-12-9-14-7-6-8-14/h14-16,18H,2-13H2,1H3. The number of rotatable bonds is 6. The Morgan fingerprint density at radius 2 is 1.89 bits per heavy atom. The third-order valence-electron chi connectivity index (χ3n) is 6.11. The van der Waals surface area contributed by atoms with E-state index in [2.05, 4.69) is 12.2 Å². The first-order valence-electron chi connectivity index (χ1n) is 8.70. The zero-order valence-corrected chi connectivity index (χ0v) is 12.6. The lowest BCUT2D eigenvalue weighted by Gasteiger charge is -2.58. The first-order chi connectivity index (χ1) is 9.35. The first-order valence-corrected chi connectivity index (χ1v) is 8.70. The summed E-state index contributed by atoms with van der Waals surface area (Å²) in [6.45, 7) is 4.28. The molecule has 0 saturated heterocycles. The maximum Gasteiger partial charge on any atom is 0.0661 e. The van der Waals surface area contributed by atoms with Crippen molar-refractivity contribution in [3.63, 3.8) is 0 Å². The van der Waals surface area contributed by atoms with Crippen LogP contribution in [0.25, 0.3) is 0 Å². The molecule has 3 aliphatic carbocycles. The molecule has 0 aromatic heterocycles. The van der Waals surface area contributed by atoms with Crippen LogP contribution in [0.3, 0.4) is 0 Å². The molecule has 3 aliphatic rings. The number of hydrogen-bond donors (Lipinski definition) is 1. The minimum atomic E-state index is 0.508. The first kappa shape index (κ1) is 13.9. The van der Waals surface area contributed by atoms with E-state index in [1.54, 1.807) is 0 Å². The zero-order chi connectivity index (χ0) is 13.1. The predicted molar refractivity (Wildman–Crippen MR) is 79.3 cm³/mol. The van der Waals surface area contributed by atoms with Crippen molar-refractivity contribution in [1.29, 1.82) is 0 Å². The van der Waals surface area contributed by atoms with Gasteiger partial charge < -0.3 is 10.1 Å². The van der Waals surface area contributed by atoms with Gasteiger partial charge in [-0.2, -0.15) is 0 Å². The van der Waals surface area contributed by atoms with E-state index < -0.39 is 0 Å². The molecule has 110 valence electrons. The second-order valence-corrected chi connectivity index (χ2v) is 7.07. The van der Waals surface area contributed by atoms with Crippen LogP contribution in [-0.2, 0) is 4.74 Å². The lowest BCUT2D eigenvalue weighted by molar-refractivity contribution is -0.150. The quantitative estimate of drug-likeness (QED) is 0.786. The fourth-order valence-electron chi connectivity index (χ4n) is 4.59. The fraction of sp³-hybridized carbons (Fsp3) is 1.00. The van der Waals surface area contributed by atoms with E-state index >= 15 is 0 Å². The third kappa shape index (κ3) is 2.71. The summed E-state index contributed by atoms with van der Waals surface area (Å²) in [5.41, 5.74) is 0.508. The highest BCUT2D eigenvalue weighted by atomic mass is 16.5. The molecule has 3 rings (SSSR count). The molecule has 1 N–H and O–H groups in total. The largest absolute Gasteiger partial charge is 0.378 e. The van der Waals surface area contributed by atoms with E-state index in [-0.39, 0.29) is 0 Å². The molecular formula is C17H31NO. The Bertz CT molecular complexity index is 281. The van der Waals surface area contributed by atoms with Gasteiger partial charge in [0.15, 0.2) is 0 Å². The Balaban J connectivity index is 1.49. The van der Waals surface area contributed by atoms with Gasteiger partial charge in [-0.3, -0.25) is 0 Å². The topological polar surface area (TPSA) is 21.3 Å². The van der Waals surface area contributed by atoms with Crippen molar-refractivity contribution in [3.8, 4) is 0 Å². The molecule has 3 fully saturated rings. The minimum absolute atomic E-state index is 0.508. The summed E-state index contributed by atoms with van der Waals surface area (Å²) < 4.78 is 6.02. The SMILES string of the molecule is CCOC1CC(NCCC2CCC2)C12CCCCC2. The molecule has 0 amide bonds. The Kier molecular flexibility index (Phi) is 4.48. The van der Waals surface area contributed by atoms with E-state index in [4.69, 9.17) is 4.74 Å². The summed E-state index contributed by atoms with van der Waals surface area (Å²) in [4.78, 5) is 0. The number of hydrogen-bond acceptors (Lipinski definition) is 2. The molecular weight excluding hydrogens is 234 g/mol. The van der Waals surface area contributed by atoms with Crippen LogP contribution in [-0.4, -0.2) is 25.3 Å². The van der Waals surface area contributed by atoms with Gasteiger partial charge >= 0.3 is 0 Å². The average Bonchev–Trinajstić information content (AvgIpc) is 2.40. The monoisotopic (exact) mass is 265 g/mol. The molecule has 0 radical (unpaired) electrons. The smallest absolute Gasteiger partial charge is 0.0661 e. The molecule has 0 bridgehead atoms. The van der Waals surface area contributed by atoms with Crippen LogP contribution in [0, 0.1) is 11.3 Å². The summed E-state index contributed by atoms with van der Waals surface area (Å²) in [6, 6.07) is 0.754. The molecule has 0 aromatic rings. The van der Waals surface area contributed by atoms with Gasteiger partial charge in [0.05, 0.1) is 6.10 Å². The second kappa shape index (κ2) is 6.13. The van der Waals surface area contributed by atoms with Crippen molar-refractivity contribution >= 4 is 0 Å². The van der Waals surface area contributed by atoms with Crippen molar-refractivity contribution < 1.29 is 4.74 Å². The van der Waals surface area contributed by atoms with Gasteiger partial charge in [0, 0.05) is 18.1 Å². The van der Waals surface area contributed by atoms with E-state index in [9.17, 15) is 0 Å². The summed E-state index contributed by atoms with van der Waals surface area (Å²) in [7, 11) is 0. The van der Waals surface area contributed by atoms with Crippen LogP contribution in [0.1, 0.15) is 71.1 Å². The van der Waals surface area contributed by atoms with Crippen molar-refractivity contribution in [2.75, 3.05) is 13.2 Å². The minimum Gasteiger partial charge on any atom is -0.378 e. The normalized spacial score (nSPS) is 33.9. The van der Waals surface area contributed by atoms with Gasteiger partial charge in [-0.25, -0.2) is 0 Å². The Labute approximate surface area is 118 Å². The predicted octanol–water partition coefficient (Wildman–Crippen LogP) is 3.89. The van der Waals surface area contributed by atoms with Gasteiger partial charge in [-0.15, -0.1) is 0 Å². The summed E-state index contributed by atoms with van der Waals surface area (Å²) in [5, 5.41) is 3.89. The molecule has 2 heteroatoms. The maximum atomic E-state index is 6.02. The molecule has 19 heavy (non-hydrogen) atoms. The van der Waals surface area contributed by atoms with Gasteiger partial charge in [-0.05, 0) is 45.1 Å². The van der Waals surface area contributed by atoms with Crippen LogP contribution >= 0.6 is 0 Å². The van der Waals surface area contributed by atoms with Crippen LogP contribution in [0.4, 0.5) is 0 Å². The van der Waals surface area contributed by atoms with Crippen LogP contribution in [0.5, 0.6) is 0 Å². The molecule has 0 aromatic carbocycles. The zero-order valence-electron chi connectivity index (χ0n) is 12.6. The molecule has 0 aliphatic heterocycles. The average molecular weight is 265 g/mol. The Hall–Kier alpha value is -0.0800. The summed E-state index contributed by atoms with van der Waals surface area (Å²) in [6.07, 6.45) is 14.8. The van der Waals surface area contributed by atoms with Gasteiger partial charge in [-0.1, -0.05) is 38.5 Å². The van der Waals surface area contributed by atoms with Crippen LogP contribution in [0.15, 0.2) is 0 Å². The second-order valence-electron chi connectivity index (χ2n) is 7.07. The third-order valence-corrected chi connectivity index (χ3v) is 6.11. The number of ether oxygens (including phenoxy) is 1. The van der Waals surface area contributed by atoms with Crippen molar-refractivity contribution in [2.45, 2.75) is 83.3 Å². The van der Waals surface area contributed by atoms with Gasteiger partial charge in [0.1, 0.15) is 0 Å². The molecule has 2 nitrogen and oxygen atoms in total. The fourth-order valence-corrected chi connectivity index (χ4v) is 4.59. The molecule has 0 heterocycles. The van der Waals surface area contributed by atoms with Crippen LogP contribution < -0.4 is 5.32 Å². The van der Waals surface area contributed by atoms with E-state index in [0.717, 1.165) is 18.6 Å². The molecule has 1 spiro atoms. The van der Waals surface area contributed by atoms with Crippen molar-refractivity contribution in [2.24, 2.45) is 11.3 Å². The highest BCUT2D eigenvalue weighted by Crippen LogP contribution is 2.53. The van der Waals surface area contributed by atoms with E-state index in [1.165, 1.54) is 70.8 Å². The van der Waals surface area contributed by atoms with E-state index in [1.807, 2.05) is 0 Å². The highest BCUT2D eigenvalue weighted by Gasteiger charge is 2.55. The van der Waals surface area contributed by atoms with Crippen molar-refractivity contribution in [3.05, 3.63) is 0 Å². The Morgan fingerprint density at radius 1 is 1.11 bits per heavy atom. The Morgan fingerprint density at radius 3 is 2.53 bits per heavy atom. The maximum absolute atomic E-state index is 6.02. The van der Waals surface area contributed by atoms with Gasteiger partial charge in [0.25, 0.3) is 0 Å². The lowest BCUT2D eigenvalue weighted by Crippen LogP contribution is -2.64. The van der Waals surface area contributed by atoms with Gasteiger partial charge in [0.2, 0.25) is 0 Å². The van der Waals surface area contributed by atoms with E-state index in [0.29, 0.717) is 11.5 Å². The van der Waals surface area contributed by atoms with Crippen LogP contribution in [0.2, 0.25) is 0 Å². The molecule has 3 saturated carbocycles. The number of nitrogens with one attached hydrogen (secondary N) is 1. The summed E-state index contributed by atoms with van der Waals surface area (Å²) in [5.74, 6) is 1.04. The summed E-state index contributed by atoms with van der Waals surface area (Å²) >= 11 is 0. The van der Waals surface area contributed by atoms with Crippen molar-refractivity contribution in [1.82, 2.24) is 5.32 Å². The molecule has 2 atom stereocenters.